The van der Waals surface area contributed by atoms with Crippen LogP contribution in [0.5, 0.6) is 0 Å². The number of fused-ring (bicyclic) bond motifs is 3. The number of aromatic nitrogens is 3. The molecule has 10 nitrogen and oxygen atoms in total. The van der Waals surface area contributed by atoms with Crippen molar-refractivity contribution >= 4 is 44.6 Å². The molecular weight excluding hydrogens is 615 g/mol. The van der Waals surface area contributed by atoms with Crippen molar-refractivity contribution in [3.8, 4) is 0 Å². The highest BCUT2D eigenvalue weighted by atomic mass is 35.5. The first kappa shape index (κ1) is 28.0. The molecule has 16 heteroatoms. The predicted octanol–water partition coefficient (Wildman–Crippen LogP) is 4.21. The van der Waals surface area contributed by atoms with Crippen LogP contribution < -0.4 is 4.72 Å². The van der Waals surface area contributed by atoms with Gasteiger partial charge in [0.2, 0.25) is 0 Å². The number of thiazole rings is 1. The minimum absolute atomic E-state index is 0.110. The van der Waals surface area contributed by atoms with E-state index in [1.807, 2.05) is 4.90 Å². The molecule has 7 rings (SSSR count). The van der Waals surface area contributed by atoms with E-state index in [0.717, 1.165) is 12.8 Å². The molecule has 4 aliphatic heterocycles. The topological polar surface area (TPSA) is 105 Å². The Balaban J connectivity index is 1.31. The number of hydrogen-bond donors (Lipinski definition) is 1. The van der Waals surface area contributed by atoms with Crippen molar-refractivity contribution < 1.29 is 26.3 Å². The van der Waals surface area contributed by atoms with Crippen LogP contribution in [0, 0.1) is 5.82 Å². The van der Waals surface area contributed by atoms with E-state index in [9.17, 15) is 21.6 Å². The Morgan fingerprint density at radius 1 is 1.14 bits per heavy atom. The number of halogens is 4. The molecule has 4 atom stereocenters. The van der Waals surface area contributed by atoms with Gasteiger partial charge in [0.15, 0.2) is 10.8 Å². The van der Waals surface area contributed by atoms with Crippen LogP contribution in [0.1, 0.15) is 48.1 Å². The number of amidine groups is 1. The molecule has 0 spiro atoms. The average molecular weight is 640 g/mol. The maximum atomic E-state index is 14.0. The van der Waals surface area contributed by atoms with E-state index < -0.39 is 34.7 Å². The van der Waals surface area contributed by atoms with Crippen LogP contribution in [0.15, 0.2) is 52.7 Å². The highest BCUT2D eigenvalue weighted by Gasteiger charge is 2.44. The van der Waals surface area contributed by atoms with Crippen LogP contribution in [-0.4, -0.2) is 76.1 Å². The molecular formula is C26H25ClF3N7O3S2. The first-order valence-electron chi connectivity index (χ1n) is 13.4. The summed E-state index contributed by atoms with van der Waals surface area (Å²) in [5.41, 5.74) is 1.81. The number of aliphatic imine (C=N–C) groups is 1. The van der Waals surface area contributed by atoms with Gasteiger partial charge in [0, 0.05) is 71.7 Å². The van der Waals surface area contributed by atoms with Crippen LogP contribution in [0.25, 0.3) is 5.57 Å². The number of morpholine rings is 1. The fourth-order valence-corrected chi connectivity index (χ4v) is 8.46. The number of benzene rings is 1. The maximum Gasteiger partial charge on any atom is 0.333 e. The van der Waals surface area contributed by atoms with Gasteiger partial charge < -0.3 is 9.64 Å². The lowest BCUT2D eigenvalue weighted by atomic mass is 9.92. The molecule has 0 saturated carbocycles. The van der Waals surface area contributed by atoms with Gasteiger partial charge in [0.05, 0.1) is 17.9 Å². The zero-order valence-corrected chi connectivity index (χ0v) is 24.3. The third kappa shape index (κ3) is 5.05. The van der Waals surface area contributed by atoms with Crippen molar-refractivity contribution in [1.82, 2.24) is 28.7 Å². The molecule has 3 saturated heterocycles. The molecule has 0 radical (unpaired) electrons. The first-order valence-corrected chi connectivity index (χ1v) is 16.1. The Morgan fingerprint density at radius 3 is 2.60 bits per heavy atom. The molecule has 1 N–H and O–H groups in total. The SMILES string of the molecule is O=S(=O)(N[C@H]1CC2=C(c3ccn(C(F)F)n3)[C@H](c3ccc(F)cc3Cl)N=C(c3nccs3)N2C1)N1CC2CC[C@@H](C1)O2. The Morgan fingerprint density at radius 2 is 1.93 bits per heavy atom. The predicted molar refractivity (Wildman–Crippen MR) is 150 cm³/mol. The third-order valence-corrected chi connectivity index (χ3v) is 10.6. The van der Waals surface area contributed by atoms with Crippen LogP contribution in [0.4, 0.5) is 13.2 Å². The molecule has 4 aliphatic rings. The Labute approximate surface area is 248 Å². The summed E-state index contributed by atoms with van der Waals surface area (Å²) in [7, 11) is -3.85. The van der Waals surface area contributed by atoms with E-state index >= 15 is 0 Å². The molecule has 222 valence electrons. The lowest BCUT2D eigenvalue weighted by Gasteiger charge is -2.32. The maximum absolute atomic E-state index is 14.0. The van der Waals surface area contributed by atoms with Gasteiger partial charge in [-0.05, 0) is 31.0 Å². The smallest absolute Gasteiger partial charge is 0.333 e. The summed E-state index contributed by atoms with van der Waals surface area (Å²) in [6, 6.07) is 3.99. The van der Waals surface area contributed by atoms with Gasteiger partial charge in [0.1, 0.15) is 11.9 Å². The van der Waals surface area contributed by atoms with Crippen molar-refractivity contribution in [3.05, 3.63) is 74.8 Å². The summed E-state index contributed by atoms with van der Waals surface area (Å²) in [6.07, 6.45) is 4.47. The second kappa shape index (κ2) is 10.7. The fraction of sp³-hybridized carbons (Fsp3) is 0.423. The lowest BCUT2D eigenvalue weighted by molar-refractivity contribution is -0.0119. The normalized spacial score (nSPS) is 26.3. The molecule has 3 aromatic rings. The summed E-state index contributed by atoms with van der Waals surface area (Å²) < 4.78 is 78.8. The number of rotatable bonds is 7. The molecule has 3 fully saturated rings. The molecule has 6 heterocycles. The fourth-order valence-electron chi connectivity index (χ4n) is 6.09. The minimum atomic E-state index is -3.85. The quantitative estimate of drug-likeness (QED) is 0.415. The van der Waals surface area contributed by atoms with E-state index in [2.05, 4.69) is 14.8 Å². The molecule has 1 aromatic carbocycles. The largest absolute Gasteiger partial charge is 0.372 e. The molecule has 42 heavy (non-hydrogen) atoms. The first-order chi connectivity index (χ1) is 20.2. The van der Waals surface area contributed by atoms with Gasteiger partial charge in [-0.2, -0.15) is 31.3 Å². The summed E-state index contributed by atoms with van der Waals surface area (Å²) in [5, 5.41) is 6.61. The van der Waals surface area contributed by atoms with Crippen molar-refractivity contribution in [3.63, 3.8) is 0 Å². The van der Waals surface area contributed by atoms with E-state index in [4.69, 9.17) is 21.3 Å². The van der Waals surface area contributed by atoms with Crippen molar-refractivity contribution in [1.29, 1.82) is 0 Å². The van der Waals surface area contributed by atoms with Crippen molar-refractivity contribution in [2.24, 2.45) is 4.99 Å². The van der Waals surface area contributed by atoms with E-state index in [1.165, 1.54) is 46.1 Å². The summed E-state index contributed by atoms with van der Waals surface area (Å²) >= 11 is 7.86. The van der Waals surface area contributed by atoms with Gasteiger partial charge in [0.25, 0.3) is 10.2 Å². The van der Waals surface area contributed by atoms with Gasteiger partial charge in [-0.3, -0.25) is 4.99 Å². The van der Waals surface area contributed by atoms with Gasteiger partial charge >= 0.3 is 6.55 Å². The van der Waals surface area contributed by atoms with Crippen LogP contribution in [0.3, 0.4) is 0 Å². The van der Waals surface area contributed by atoms with Crippen molar-refractivity contribution in [2.75, 3.05) is 19.6 Å². The highest BCUT2D eigenvalue weighted by Crippen LogP contribution is 2.46. The average Bonchev–Trinajstić information content (AvgIpc) is 3.75. The zero-order valence-electron chi connectivity index (χ0n) is 21.9. The Hall–Kier alpha value is -2.82. The van der Waals surface area contributed by atoms with E-state index in [1.54, 1.807) is 11.6 Å². The van der Waals surface area contributed by atoms with Crippen LogP contribution in [0.2, 0.25) is 5.02 Å². The minimum Gasteiger partial charge on any atom is -0.372 e. The summed E-state index contributed by atoms with van der Waals surface area (Å²) in [5.74, 6) is -0.0538. The standard InChI is InChI=1S/C26H25ClF3N7O3S2/c27-19-9-14(28)1-4-18(19)23-22(20-5-7-37(33-20)26(29)30)21-10-15(11-36(21)24(32-23)25-31-6-8-41-25)34-42(38,39)35-12-16-2-3-17(13-35)40-16/h1,4-9,15-17,23,26,34H,2-3,10-13H2/t15-,16-,17?,23-/m0/s1. The summed E-state index contributed by atoms with van der Waals surface area (Å²) in [4.78, 5) is 11.3. The van der Waals surface area contributed by atoms with Crippen LogP contribution in [-0.2, 0) is 14.9 Å². The van der Waals surface area contributed by atoms with Gasteiger partial charge in [-0.25, -0.2) is 14.1 Å². The highest BCUT2D eigenvalue weighted by molar-refractivity contribution is 7.87. The van der Waals surface area contributed by atoms with Crippen LogP contribution >= 0.6 is 22.9 Å². The number of nitrogens with one attached hydrogen (secondary N) is 1. The molecule has 2 bridgehead atoms. The number of ether oxygens (including phenoxy) is 1. The number of alkyl halides is 2. The second-order valence-corrected chi connectivity index (χ2v) is 13.6. The number of nitrogens with zero attached hydrogens (tertiary/aromatic N) is 6. The van der Waals surface area contributed by atoms with E-state index in [0.29, 0.717) is 32.4 Å². The van der Waals surface area contributed by atoms with Crippen molar-refractivity contribution in [2.45, 2.75) is 50.1 Å². The Bertz CT molecular complexity index is 1670. The van der Waals surface area contributed by atoms with Gasteiger partial charge in [-0.1, -0.05) is 17.7 Å². The summed E-state index contributed by atoms with van der Waals surface area (Å²) in [6.45, 7) is -2.05. The molecule has 2 aromatic heterocycles. The third-order valence-electron chi connectivity index (χ3n) is 7.89. The second-order valence-electron chi connectivity index (χ2n) is 10.6. The molecule has 0 amide bonds. The molecule has 0 aliphatic carbocycles. The Kier molecular flexibility index (Phi) is 7.14. The van der Waals surface area contributed by atoms with Gasteiger partial charge in [-0.15, -0.1) is 11.3 Å². The lowest BCUT2D eigenvalue weighted by Crippen LogP contribution is -2.52. The molecule has 1 unspecified atom stereocenters. The number of hydrogen-bond acceptors (Lipinski definition) is 8. The monoisotopic (exact) mass is 639 g/mol. The zero-order chi connectivity index (χ0) is 29.2. The van der Waals surface area contributed by atoms with E-state index in [-0.39, 0.29) is 49.0 Å².